The van der Waals surface area contributed by atoms with Crippen molar-refractivity contribution in [3.8, 4) is 0 Å². The van der Waals surface area contributed by atoms with Crippen LogP contribution in [0.15, 0.2) is 0 Å². The Bertz CT molecular complexity index is 1470. The van der Waals surface area contributed by atoms with E-state index in [2.05, 4.69) is 27.7 Å². The van der Waals surface area contributed by atoms with Gasteiger partial charge in [0.25, 0.3) is 0 Å². The number of carboxylic acids is 1. The van der Waals surface area contributed by atoms with Gasteiger partial charge in [0.05, 0.1) is 12.2 Å². The Balaban J connectivity index is 1.26. The maximum absolute atomic E-state index is 13.0. The summed E-state index contributed by atoms with van der Waals surface area (Å²) in [6.45, 7) is 14.3. The SMILES string of the molecule is CC(=O)OC1C(OC(C)=O)[C@@]2(C)C3CCC4C(C)(C)C(OC(=O)COCC(=O)O)CC[C@@]45C[C@@]35CC[C@@]23CO[C@@]2(C(C)(C)O)CCC(C)(O2)[C@@H]13. The molecule has 2 N–H and O–H groups in total. The summed E-state index contributed by atoms with van der Waals surface area (Å²) in [5.41, 5.74) is -3.66. The quantitative estimate of drug-likeness (QED) is 0.268. The molecule has 12 atom stereocenters. The van der Waals surface area contributed by atoms with E-state index in [4.69, 9.17) is 33.5 Å². The molecule has 0 aromatic heterocycles. The van der Waals surface area contributed by atoms with Gasteiger partial charge in [0.2, 0.25) is 0 Å². The average Bonchev–Trinajstić information content (AvgIpc) is 3.48. The van der Waals surface area contributed by atoms with Gasteiger partial charge >= 0.3 is 23.9 Å². The van der Waals surface area contributed by atoms with E-state index in [1.165, 1.54) is 13.8 Å². The van der Waals surface area contributed by atoms with E-state index < -0.39 is 77.1 Å². The molecule has 0 aromatic carbocycles. The van der Waals surface area contributed by atoms with Gasteiger partial charge in [-0.25, -0.2) is 9.59 Å². The number of fused-ring (bicyclic) bond motifs is 4. The Morgan fingerprint density at radius 1 is 0.800 bits per heavy atom. The second-order valence-electron chi connectivity index (χ2n) is 18.4. The van der Waals surface area contributed by atoms with Gasteiger partial charge in [-0.05, 0) is 94.8 Å². The largest absolute Gasteiger partial charge is 0.480 e. The van der Waals surface area contributed by atoms with E-state index in [1.807, 2.05) is 0 Å². The van der Waals surface area contributed by atoms with Crippen molar-refractivity contribution in [3.63, 3.8) is 0 Å². The predicted molar refractivity (Wildman–Crippen MR) is 175 cm³/mol. The van der Waals surface area contributed by atoms with Crippen LogP contribution in [0.1, 0.15) is 113 Å². The number of carbonyl (C=O) groups is 4. The second-order valence-corrected chi connectivity index (χ2v) is 18.4. The molecule has 7 aliphatic rings. The van der Waals surface area contributed by atoms with Crippen LogP contribution in [0, 0.1) is 44.8 Å². The maximum atomic E-state index is 13.0. The molecule has 0 amide bonds. The first-order valence-corrected chi connectivity index (χ1v) is 18.5. The lowest BCUT2D eigenvalue weighted by Crippen LogP contribution is -2.63. The van der Waals surface area contributed by atoms with Crippen LogP contribution in [0.5, 0.6) is 0 Å². The number of ether oxygens (including phenoxy) is 6. The summed E-state index contributed by atoms with van der Waals surface area (Å²) in [5.74, 6) is -3.68. The van der Waals surface area contributed by atoms with Gasteiger partial charge < -0.3 is 38.6 Å². The number of rotatable bonds is 8. The van der Waals surface area contributed by atoms with E-state index in [9.17, 15) is 24.3 Å². The maximum Gasteiger partial charge on any atom is 0.332 e. The van der Waals surface area contributed by atoms with Crippen molar-refractivity contribution in [1.82, 2.24) is 0 Å². The minimum absolute atomic E-state index is 0.0157. The van der Waals surface area contributed by atoms with Crippen LogP contribution in [0.25, 0.3) is 0 Å². The fraction of sp³-hybridized carbons (Fsp3) is 0.895. The zero-order valence-electron chi connectivity index (χ0n) is 30.9. The first-order chi connectivity index (χ1) is 23.1. The van der Waals surface area contributed by atoms with E-state index in [0.717, 1.165) is 38.5 Å². The van der Waals surface area contributed by atoms with E-state index in [0.29, 0.717) is 25.9 Å². The lowest BCUT2D eigenvalue weighted by molar-refractivity contribution is -0.316. The molecule has 5 aliphatic carbocycles. The van der Waals surface area contributed by atoms with Crippen LogP contribution < -0.4 is 0 Å². The number of aliphatic hydroxyl groups is 1. The minimum Gasteiger partial charge on any atom is -0.480 e. The van der Waals surface area contributed by atoms with Crippen molar-refractivity contribution in [3.05, 3.63) is 0 Å². The number of aliphatic carboxylic acids is 1. The van der Waals surface area contributed by atoms with Crippen LogP contribution in [-0.2, 0) is 47.6 Å². The van der Waals surface area contributed by atoms with Crippen molar-refractivity contribution in [2.75, 3.05) is 19.8 Å². The molecule has 2 heterocycles. The van der Waals surface area contributed by atoms with Gasteiger partial charge in [-0.1, -0.05) is 20.8 Å². The minimum atomic E-state index is -1.28. The zero-order chi connectivity index (χ0) is 36.5. The Labute approximate surface area is 294 Å². The lowest BCUT2D eigenvalue weighted by atomic mass is 9.41. The lowest BCUT2D eigenvalue weighted by Gasteiger charge is -2.64. The molecular formula is C38H56O12. The highest BCUT2D eigenvalue weighted by atomic mass is 16.7. The summed E-state index contributed by atoms with van der Waals surface area (Å²) in [6.07, 6.45) is 5.41. The number of carbonyl (C=O) groups excluding carboxylic acids is 3. The Morgan fingerprint density at radius 2 is 1.44 bits per heavy atom. The molecule has 6 unspecified atom stereocenters. The average molecular weight is 705 g/mol. The predicted octanol–water partition coefficient (Wildman–Crippen LogP) is 4.57. The summed E-state index contributed by atoms with van der Waals surface area (Å²) in [4.78, 5) is 49.5. The zero-order valence-corrected chi connectivity index (χ0v) is 30.9. The second kappa shape index (κ2) is 11.1. The Kier molecular flexibility index (Phi) is 8.03. The molecule has 5 saturated carbocycles. The summed E-state index contributed by atoms with van der Waals surface area (Å²) >= 11 is 0. The van der Waals surface area contributed by atoms with Crippen LogP contribution >= 0.6 is 0 Å². The van der Waals surface area contributed by atoms with Gasteiger partial charge in [-0.15, -0.1) is 0 Å². The number of carboxylic acid groups (broad SMARTS) is 1. The van der Waals surface area contributed by atoms with Crippen LogP contribution in [0.3, 0.4) is 0 Å². The monoisotopic (exact) mass is 704 g/mol. The molecule has 280 valence electrons. The molecule has 0 radical (unpaired) electrons. The number of hydrogen-bond acceptors (Lipinski definition) is 11. The summed E-state index contributed by atoms with van der Waals surface area (Å²) in [5, 5.41) is 20.3. The molecular weight excluding hydrogens is 648 g/mol. The highest BCUT2D eigenvalue weighted by Gasteiger charge is 2.88. The third-order valence-corrected chi connectivity index (χ3v) is 15.6. The molecule has 12 nitrogen and oxygen atoms in total. The van der Waals surface area contributed by atoms with E-state index >= 15 is 0 Å². The third-order valence-electron chi connectivity index (χ3n) is 15.6. The van der Waals surface area contributed by atoms with Crippen molar-refractivity contribution in [1.29, 1.82) is 0 Å². The van der Waals surface area contributed by atoms with Gasteiger partial charge in [0, 0.05) is 42.4 Å². The standard InChI is InChI=1S/C38H56O12/c1-21(39)47-28-29-33(7)13-16-38(50-33,32(5,6)44)46-20-37(29)15-14-36-19-35(36)12-11-25(49-27(43)18-45-17-26(41)42)31(3,4)23(35)9-10-24(36)34(37,8)30(28)48-22(2)40/h23-25,28-30,44H,9-20H2,1-8H3,(H,41,42)/t23?,24?,25?,28?,29-,30?,33?,34-,35-,36+,37+,38+/m1/s1. The molecule has 2 bridgehead atoms. The highest BCUT2D eigenvalue weighted by molar-refractivity contribution is 5.72. The molecule has 7 rings (SSSR count). The van der Waals surface area contributed by atoms with Crippen molar-refractivity contribution >= 4 is 23.9 Å². The van der Waals surface area contributed by atoms with Gasteiger partial charge in [0.1, 0.15) is 37.1 Å². The molecule has 2 saturated heterocycles. The normalized spacial score (nSPS) is 48.0. The molecule has 0 aromatic rings. The number of esters is 3. The summed E-state index contributed by atoms with van der Waals surface area (Å²) in [7, 11) is 0. The Morgan fingerprint density at radius 3 is 2.08 bits per heavy atom. The van der Waals surface area contributed by atoms with Crippen LogP contribution in [-0.4, -0.2) is 89.2 Å². The first kappa shape index (κ1) is 36.1. The fourth-order valence-electron chi connectivity index (χ4n) is 13.8. The van der Waals surface area contributed by atoms with E-state index in [-0.39, 0.29) is 40.1 Å². The van der Waals surface area contributed by atoms with Gasteiger partial charge in [-0.2, -0.15) is 0 Å². The van der Waals surface area contributed by atoms with Crippen molar-refractivity contribution < 1.29 is 57.8 Å². The van der Waals surface area contributed by atoms with Gasteiger partial charge in [0.15, 0.2) is 5.79 Å². The molecule has 50 heavy (non-hydrogen) atoms. The molecule has 12 heteroatoms. The van der Waals surface area contributed by atoms with Crippen molar-refractivity contribution in [2.45, 2.75) is 148 Å². The van der Waals surface area contributed by atoms with Crippen LogP contribution in [0.4, 0.5) is 0 Å². The highest BCUT2D eigenvalue weighted by Crippen LogP contribution is 2.90. The summed E-state index contributed by atoms with van der Waals surface area (Å²) < 4.78 is 37.4. The summed E-state index contributed by atoms with van der Waals surface area (Å²) in [6, 6.07) is 0. The number of hydrogen-bond donors (Lipinski definition) is 2. The molecule has 3 spiro atoms. The third kappa shape index (κ3) is 4.62. The van der Waals surface area contributed by atoms with Gasteiger partial charge in [-0.3, -0.25) is 9.59 Å². The first-order valence-electron chi connectivity index (χ1n) is 18.5. The smallest absolute Gasteiger partial charge is 0.332 e. The van der Waals surface area contributed by atoms with E-state index in [1.54, 1.807) is 13.8 Å². The van der Waals surface area contributed by atoms with Crippen LogP contribution in [0.2, 0.25) is 0 Å². The van der Waals surface area contributed by atoms with Crippen molar-refractivity contribution in [2.24, 2.45) is 44.8 Å². The topological polar surface area (TPSA) is 164 Å². The molecule has 7 fully saturated rings. The fourth-order valence-corrected chi connectivity index (χ4v) is 13.8. The Hall–Kier alpha value is -2.28. The molecule has 2 aliphatic heterocycles.